The number of hydrogen-bond acceptors (Lipinski definition) is 7. The summed E-state index contributed by atoms with van der Waals surface area (Å²) in [4.78, 5) is 8.28. The Kier molecular flexibility index (Phi) is 4.99. The lowest BCUT2D eigenvalue weighted by Crippen LogP contribution is -2.44. The minimum Gasteiger partial charge on any atom is -0.495 e. The monoisotopic (exact) mass is 405 g/mol. The molecule has 2 aliphatic rings. The summed E-state index contributed by atoms with van der Waals surface area (Å²) in [6, 6.07) is 5.96. The van der Waals surface area contributed by atoms with Crippen LogP contribution in [0.15, 0.2) is 71.2 Å². The zero-order valence-corrected chi connectivity index (χ0v) is 17.7. The van der Waals surface area contributed by atoms with E-state index in [-0.39, 0.29) is 0 Å². The van der Waals surface area contributed by atoms with E-state index in [1.807, 2.05) is 59.7 Å². The molecule has 156 valence electrons. The Morgan fingerprint density at radius 3 is 2.63 bits per heavy atom. The third-order valence-electron chi connectivity index (χ3n) is 5.07. The van der Waals surface area contributed by atoms with Crippen LogP contribution in [0.4, 0.5) is 5.69 Å². The first kappa shape index (κ1) is 19.6. The number of anilines is 1. The lowest BCUT2D eigenvalue weighted by molar-refractivity contribution is 0.386. The highest BCUT2D eigenvalue weighted by Gasteiger charge is 2.30. The number of guanidine groups is 1. The van der Waals surface area contributed by atoms with Gasteiger partial charge in [0.05, 0.1) is 24.7 Å². The van der Waals surface area contributed by atoms with E-state index in [0.717, 1.165) is 34.6 Å². The van der Waals surface area contributed by atoms with Crippen LogP contribution in [0.3, 0.4) is 0 Å². The molecular formula is C22H27N7O. The summed E-state index contributed by atoms with van der Waals surface area (Å²) >= 11 is 0. The summed E-state index contributed by atoms with van der Waals surface area (Å²) in [6.07, 6.45) is 9.52. The quantitative estimate of drug-likeness (QED) is 0.794. The molecule has 0 saturated heterocycles. The fourth-order valence-corrected chi connectivity index (χ4v) is 3.68. The number of nitrogens with zero attached hydrogens (tertiary/aromatic N) is 5. The molecule has 2 aliphatic heterocycles. The molecule has 8 nitrogen and oxygen atoms in total. The first-order valence-corrected chi connectivity index (χ1v) is 9.84. The summed E-state index contributed by atoms with van der Waals surface area (Å²) in [6.45, 7) is 5.12. The Morgan fingerprint density at radius 2 is 1.97 bits per heavy atom. The van der Waals surface area contributed by atoms with Crippen LogP contribution in [-0.4, -0.2) is 34.3 Å². The van der Waals surface area contributed by atoms with Crippen molar-refractivity contribution >= 4 is 11.6 Å². The molecule has 0 unspecified atom stereocenters. The van der Waals surface area contributed by atoms with Crippen LogP contribution in [0.1, 0.15) is 13.8 Å². The molecule has 0 bridgehead atoms. The second kappa shape index (κ2) is 7.62. The van der Waals surface area contributed by atoms with Crippen LogP contribution >= 0.6 is 0 Å². The molecule has 0 fully saturated rings. The van der Waals surface area contributed by atoms with Gasteiger partial charge in [-0.1, -0.05) is 19.9 Å². The predicted molar refractivity (Wildman–Crippen MR) is 119 cm³/mol. The molecule has 8 heteroatoms. The Balaban J connectivity index is 1.80. The molecule has 3 heterocycles. The van der Waals surface area contributed by atoms with Crippen molar-refractivity contribution in [1.29, 1.82) is 0 Å². The zero-order chi connectivity index (χ0) is 21.4. The van der Waals surface area contributed by atoms with E-state index in [4.69, 9.17) is 16.2 Å². The Hall–Kier alpha value is -3.68. The molecule has 0 radical (unpaired) electrons. The van der Waals surface area contributed by atoms with Gasteiger partial charge in [-0.25, -0.2) is 4.99 Å². The third kappa shape index (κ3) is 3.41. The standard InChI is InChI=1S/C22H27N7O/c1-14(2)12-28-8-7-16-10-25-22(24)29(20(16)21(28)23)18-6-5-15(9-19(18)30-4)17-11-26-27(3)13-17/h5-11,13-14H,12,23H2,1-4H3,(H2,24,25). The molecule has 0 atom stereocenters. The highest BCUT2D eigenvalue weighted by Crippen LogP contribution is 2.39. The van der Waals surface area contributed by atoms with Crippen LogP contribution in [0.25, 0.3) is 11.1 Å². The minimum atomic E-state index is 0.337. The van der Waals surface area contributed by atoms with Gasteiger partial charge >= 0.3 is 0 Å². The van der Waals surface area contributed by atoms with E-state index < -0.39 is 0 Å². The summed E-state index contributed by atoms with van der Waals surface area (Å²) in [5.74, 6) is 2.09. The number of ether oxygens (including phenoxy) is 1. The average Bonchev–Trinajstić information content (AvgIpc) is 3.16. The van der Waals surface area contributed by atoms with E-state index in [2.05, 4.69) is 23.9 Å². The number of nitrogens with two attached hydrogens (primary N) is 2. The first-order valence-electron chi connectivity index (χ1n) is 9.84. The lowest BCUT2D eigenvalue weighted by Gasteiger charge is -2.36. The first-order chi connectivity index (χ1) is 14.4. The lowest BCUT2D eigenvalue weighted by atomic mass is 10.0. The third-order valence-corrected chi connectivity index (χ3v) is 5.07. The normalized spacial score (nSPS) is 16.0. The van der Waals surface area contributed by atoms with Gasteiger partial charge < -0.3 is 21.1 Å². The fraction of sp³-hybridized carbons (Fsp3) is 0.273. The zero-order valence-electron chi connectivity index (χ0n) is 17.7. The number of aromatic nitrogens is 2. The Morgan fingerprint density at radius 1 is 1.17 bits per heavy atom. The number of hydrogen-bond donors (Lipinski definition) is 2. The van der Waals surface area contributed by atoms with Crippen molar-refractivity contribution in [3.63, 3.8) is 0 Å². The number of benzene rings is 1. The van der Waals surface area contributed by atoms with Crippen LogP contribution in [0.2, 0.25) is 0 Å². The van der Waals surface area contributed by atoms with Crippen molar-refractivity contribution in [2.24, 2.45) is 29.4 Å². The highest BCUT2D eigenvalue weighted by atomic mass is 16.5. The van der Waals surface area contributed by atoms with Gasteiger partial charge in [0.2, 0.25) is 5.96 Å². The van der Waals surface area contributed by atoms with E-state index in [9.17, 15) is 0 Å². The van der Waals surface area contributed by atoms with Gasteiger partial charge in [-0.2, -0.15) is 5.10 Å². The molecule has 4 rings (SSSR count). The van der Waals surface area contributed by atoms with E-state index >= 15 is 0 Å². The van der Waals surface area contributed by atoms with Crippen LogP contribution < -0.4 is 21.1 Å². The maximum atomic E-state index is 6.60. The second-order valence-electron chi connectivity index (χ2n) is 7.79. The number of rotatable bonds is 5. The van der Waals surface area contributed by atoms with Gasteiger partial charge in [0.1, 0.15) is 11.6 Å². The van der Waals surface area contributed by atoms with Gasteiger partial charge in [-0.3, -0.25) is 9.58 Å². The number of aryl methyl sites for hydroxylation is 1. The number of aliphatic imine (C=N–C) groups is 1. The van der Waals surface area contributed by atoms with Crippen molar-refractivity contribution in [2.75, 3.05) is 18.6 Å². The molecule has 4 N–H and O–H groups in total. The minimum absolute atomic E-state index is 0.337. The van der Waals surface area contributed by atoms with Gasteiger partial charge in [-0.05, 0) is 29.7 Å². The maximum absolute atomic E-state index is 6.60. The van der Waals surface area contributed by atoms with Crippen molar-refractivity contribution in [3.05, 3.63) is 66.2 Å². The van der Waals surface area contributed by atoms with Gasteiger partial charge in [0.15, 0.2) is 0 Å². The van der Waals surface area contributed by atoms with Crippen molar-refractivity contribution < 1.29 is 4.74 Å². The molecule has 1 aromatic heterocycles. The molecule has 0 spiro atoms. The molecule has 0 saturated carbocycles. The second-order valence-corrected chi connectivity index (χ2v) is 7.79. The van der Waals surface area contributed by atoms with Crippen molar-refractivity contribution in [1.82, 2.24) is 14.7 Å². The molecule has 1 aromatic carbocycles. The van der Waals surface area contributed by atoms with E-state index in [0.29, 0.717) is 23.4 Å². The van der Waals surface area contributed by atoms with Gasteiger partial charge in [0.25, 0.3) is 0 Å². The van der Waals surface area contributed by atoms with Gasteiger partial charge in [0, 0.05) is 43.3 Å². The summed E-state index contributed by atoms with van der Waals surface area (Å²) in [5.41, 5.74) is 17.4. The van der Waals surface area contributed by atoms with Crippen molar-refractivity contribution in [2.45, 2.75) is 13.8 Å². The number of allylic oxidation sites excluding steroid dienone is 1. The van der Waals surface area contributed by atoms with Crippen LogP contribution in [0.5, 0.6) is 5.75 Å². The average molecular weight is 406 g/mol. The summed E-state index contributed by atoms with van der Waals surface area (Å²) < 4.78 is 7.50. The molecular weight excluding hydrogens is 378 g/mol. The SMILES string of the molecule is COc1cc(-c2cnn(C)c2)ccc1N1C(N)=NC=C2C=CN(CC(C)C)C(N)=C21. The Labute approximate surface area is 176 Å². The summed E-state index contributed by atoms with van der Waals surface area (Å²) in [7, 11) is 3.53. The molecule has 0 aliphatic carbocycles. The van der Waals surface area contributed by atoms with E-state index in [1.54, 1.807) is 18.0 Å². The summed E-state index contributed by atoms with van der Waals surface area (Å²) in [5, 5.41) is 4.25. The molecule has 2 aromatic rings. The molecule has 30 heavy (non-hydrogen) atoms. The number of methoxy groups -OCH3 is 1. The maximum Gasteiger partial charge on any atom is 0.205 e. The van der Waals surface area contributed by atoms with E-state index in [1.165, 1.54) is 0 Å². The van der Waals surface area contributed by atoms with Crippen LogP contribution in [-0.2, 0) is 7.05 Å². The topological polar surface area (TPSA) is 97.9 Å². The van der Waals surface area contributed by atoms with Gasteiger partial charge in [-0.15, -0.1) is 0 Å². The smallest absolute Gasteiger partial charge is 0.205 e. The Bertz CT molecular complexity index is 1090. The largest absolute Gasteiger partial charge is 0.495 e. The van der Waals surface area contributed by atoms with Crippen molar-refractivity contribution in [3.8, 4) is 16.9 Å². The van der Waals surface area contributed by atoms with Crippen LogP contribution in [0, 0.1) is 5.92 Å². The highest BCUT2D eigenvalue weighted by molar-refractivity contribution is 6.02. The number of fused-ring (bicyclic) bond motifs is 1. The predicted octanol–water partition coefficient (Wildman–Crippen LogP) is 2.73. The molecule has 0 amide bonds. The fourth-order valence-electron chi connectivity index (χ4n) is 3.68.